The standard InChI is InChI=1S/C31H37N5O3S/c1-21-16-23(17-22(2)36(21)30(25-10-6-4-7-11-25)26-12-8-5-9-13-26)20-39-28-18-29-32-33-31(34-40(3,37)38)35(29)19-27(28)24-14-15-24/h4-13,18-19,21-24,30H,14-17,20H2,1-3H3,(H,33,34)/t21-,22+,23-. The molecule has 3 atom stereocenters. The second-order valence-electron chi connectivity index (χ2n) is 11.5. The summed E-state index contributed by atoms with van der Waals surface area (Å²) in [5.41, 5.74) is 4.30. The molecule has 0 spiro atoms. The van der Waals surface area contributed by atoms with Crippen molar-refractivity contribution < 1.29 is 13.2 Å². The van der Waals surface area contributed by atoms with E-state index in [1.54, 1.807) is 4.40 Å². The van der Waals surface area contributed by atoms with E-state index in [4.69, 9.17) is 4.74 Å². The molecule has 0 bridgehead atoms. The SMILES string of the molecule is C[C@@H]1C[C@@H](COc2cc3nnc(NS(C)(=O)=O)n3cc2C2CC2)C[C@H](C)N1C(c1ccccc1)c1ccccc1. The third-order valence-corrected chi connectivity index (χ3v) is 8.75. The minimum Gasteiger partial charge on any atom is -0.493 e. The Morgan fingerprint density at radius 3 is 2.10 bits per heavy atom. The lowest BCUT2D eigenvalue weighted by molar-refractivity contribution is 0.0283. The Balaban J connectivity index is 1.20. The first kappa shape index (κ1) is 26.8. The number of piperidine rings is 1. The van der Waals surface area contributed by atoms with E-state index in [0.29, 0.717) is 36.2 Å². The van der Waals surface area contributed by atoms with Crippen molar-refractivity contribution in [3.05, 3.63) is 89.6 Å². The quantitative estimate of drug-likeness (QED) is 0.286. The summed E-state index contributed by atoms with van der Waals surface area (Å²) >= 11 is 0. The van der Waals surface area contributed by atoms with Crippen LogP contribution in [-0.2, 0) is 10.0 Å². The summed E-state index contributed by atoms with van der Waals surface area (Å²) in [5, 5.41) is 8.24. The molecule has 1 saturated carbocycles. The van der Waals surface area contributed by atoms with Crippen molar-refractivity contribution in [1.29, 1.82) is 0 Å². The number of hydrogen-bond donors (Lipinski definition) is 1. The molecule has 1 aliphatic carbocycles. The number of pyridine rings is 1. The van der Waals surface area contributed by atoms with Gasteiger partial charge in [0.15, 0.2) is 5.65 Å². The van der Waals surface area contributed by atoms with Crippen LogP contribution in [0.4, 0.5) is 5.95 Å². The number of aromatic nitrogens is 3. The van der Waals surface area contributed by atoms with Crippen LogP contribution in [0, 0.1) is 5.92 Å². The molecule has 1 saturated heterocycles. The zero-order valence-corrected chi connectivity index (χ0v) is 24.1. The van der Waals surface area contributed by atoms with E-state index in [1.807, 2.05) is 12.3 Å². The Labute approximate surface area is 236 Å². The average molecular weight is 560 g/mol. The van der Waals surface area contributed by atoms with Crippen LogP contribution in [0.3, 0.4) is 0 Å². The molecule has 2 aromatic carbocycles. The molecule has 1 N–H and O–H groups in total. The minimum atomic E-state index is -3.46. The smallest absolute Gasteiger partial charge is 0.242 e. The summed E-state index contributed by atoms with van der Waals surface area (Å²) in [6.07, 6.45) is 7.36. The van der Waals surface area contributed by atoms with Gasteiger partial charge in [-0.1, -0.05) is 60.7 Å². The van der Waals surface area contributed by atoms with Gasteiger partial charge in [0.25, 0.3) is 0 Å². The van der Waals surface area contributed by atoms with Crippen LogP contribution in [0.25, 0.3) is 5.65 Å². The maximum absolute atomic E-state index is 11.8. The summed E-state index contributed by atoms with van der Waals surface area (Å²) in [4.78, 5) is 2.68. The van der Waals surface area contributed by atoms with Gasteiger partial charge in [0, 0.05) is 29.9 Å². The van der Waals surface area contributed by atoms with E-state index in [1.165, 1.54) is 11.1 Å². The maximum atomic E-state index is 11.8. The number of nitrogens with one attached hydrogen (secondary N) is 1. The van der Waals surface area contributed by atoms with Crippen molar-refractivity contribution >= 4 is 21.6 Å². The summed E-state index contributed by atoms with van der Waals surface area (Å²) < 4.78 is 34.2. The van der Waals surface area contributed by atoms with E-state index in [2.05, 4.69) is 94.3 Å². The molecule has 2 fully saturated rings. The molecular weight excluding hydrogens is 522 g/mol. The zero-order valence-electron chi connectivity index (χ0n) is 23.3. The maximum Gasteiger partial charge on any atom is 0.242 e. The predicted octanol–water partition coefficient (Wildman–Crippen LogP) is 5.64. The highest BCUT2D eigenvalue weighted by Gasteiger charge is 2.37. The third-order valence-electron chi connectivity index (χ3n) is 8.20. The number of hydrogen-bond acceptors (Lipinski definition) is 6. The molecule has 0 unspecified atom stereocenters. The van der Waals surface area contributed by atoms with E-state index in [-0.39, 0.29) is 12.0 Å². The molecule has 210 valence electrons. The zero-order chi connectivity index (χ0) is 27.9. The molecule has 2 aromatic heterocycles. The van der Waals surface area contributed by atoms with Crippen molar-refractivity contribution in [1.82, 2.24) is 19.5 Å². The van der Waals surface area contributed by atoms with Crippen LogP contribution in [0.15, 0.2) is 72.9 Å². The fourth-order valence-electron chi connectivity index (χ4n) is 6.39. The number of nitrogens with zero attached hydrogens (tertiary/aromatic N) is 4. The number of rotatable bonds is 9. The van der Waals surface area contributed by atoms with Crippen LogP contribution in [0.1, 0.15) is 68.2 Å². The van der Waals surface area contributed by atoms with Crippen molar-refractivity contribution in [2.45, 2.75) is 63.6 Å². The van der Waals surface area contributed by atoms with Gasteiger partial charge >= 0.3 is 0 Å². The van der Waals surface area contributed by atoms with Gasteiger partial charge in [-0.2, -0.15) is 0 Å². The van der Waals surface area contributed by atoms with Gasteiger partial charge in [0.2, 0.25) is 16.0 Å². The van der Waals surface area contributed by atoms with Crippen LogP contribution >= 0.6 is 0 Å². The van der Waals surface area contributed by atoms with Gasteiger partial charge in [0.1, 0.15) is 5.75 Å². The number of likely N-dealkylation sites (tertiary alicyclic amines) is 1. The molecule has 0 amide bonds. The van der Waals surface area contributed by atoms with Gasteiger partial charge < -0.3 is 4.74 Å². The first-order valence-electron chi connectivity index (χ1n) is 14.1. The molecule has 9 heteroatoms. The van der Waals surface area contributed by atoms with Gasteiger partial charge in [0.05, 0.1) is 18.9 Å². The molecule has 40 heavy (non-hydrogen) atoms. The van der Waals surface area contributed by atoms with E-state index < -0.39 is 10.0 Å². The van der Waals surface area contributed by atoms with Gasteiger partial charge in [-0.25, -0.2) is 8.42 Å². The Hall–Kier alpha value is -3.43. The second kappa shape index (κ2) is 10.9. The monoisotopic (exact) mass is 559 g/mol. The highest BCUT2D eigenvalue weighted by atomic mass is 32.2. The summed E-state index contributed by atoms with van der Waals surface area (Å²) in [7, 11) is -3.46. The Morgan fingerprint density at radius 2 is 1.55 bits per heavy atom. The lowest BCUT2D eigenvalue weighted by Gasteiger charge is -2.47. The van der Waals surface area contributed by atoms with Crippen molar-refractivity contribution in [2.24, 2.45) is 5.92 Å². The fraction of sp³-hybridized carbons (Fsp3) is 0.419. The van der Waals surface area contributed by atoms with Crippen LogP contribution in [0.5, 0.6) is 5.75 Å². The molecule has 6 rings (SSSR count). The van der Waals surface area contributed by atoms with Gasteiger partial charge in [-0.15, -0.1) is 10.2 Å². The molecule has 1 aliphatic heterocycles. The molecule has 8 nitrogen and oxygen atoms in total. The van der Waals surface area contributed by atoms with E-state index >= 15 is 0 Å². The van der Waals surface area contributed by atoms with Gasteiger partial charge in [-0.3, -0.25) is 14.0 Å². The summed E-state index contributed by atoms with van der Waals surface area (Å²) in [6, 6.07) is 24.5. The lowest BCUT2D eigenvalue weighted by Crippen LogP contribution is -2.49. The normalized spacial score (nSPS) is 22.1. The lowest BCUT2D eigenvalue weighted by atomic mass is 9.84. The Bertz CT molecular complexity index is 1520. The predicted molar refractivity (Wildman–Crippen MR) is 157 cm³/mol. The average Bonchev–Trinajstić information content (AvgIpc) is 3.71. The van der Waals surface area contributed by atoms with Crippen molar-refractivity contribution in [2.75, 3.05) is 17.6 Å². The first-order valence-corrected chi connectivity index (χ1v) is 16.0. The fourth-order valence-corrected chi connectivity index (χ4v) is 6.86. The molecular formula is C31H37N5O3S. The highest BCUT2D eigenvalue weighted by Crippen LogP contribution is 2.45. The molecule has 2 aliphatic rings. The Morgan fingerprint density at radius 1 is 0.950 bits per heavy atom. The Kier molecular flexibility index (Phi) is 7.27. The van der Waals surface area contributed by atoms with E-state index in [9.17, 15) is 8.42 Å². The summed E-state index contributed by atoms with van der Waals surface area (Å²) in [6.45, 7) is 5.33. The first-order chi connectivity index (χ1) is 19.3. The number of fused-ring (bicyclic) bond motifs is 1. The van der Waals surface area contributed by atoms with Crippen molar-refractivity contribution in [3.8, 4) is 5.75 Å². The minimum absolute atomic E-state index is 0.201. The number of anilines is 1. The summed E-state index contributed by atoms with van der Waals surface area (Å²) in [5.74, 6) is 1.89. The van der Waals surface area contributed by atoms with Crippen LogP contribution in [0.2, 0.25) is 0 Å². The topological polar surface area (TPSA) is 88.8 Å². The second-order valence-corrected chi connectivity index (χ2v) is 13.3. The van der Waals surface area contributed by atoms with Crippen LogP contribution < -0.4 is 9.46 Å². The van der Waals surface area contributed by atoms with E-state index in [0.717, 1.165) is 43.3 Å². The molecule has 4 aromatic rings. The molecule has 0 radical (unpaired) electrons. The van der Waals surface area contributed by atoms with Gasteiger partial charge in [-0.05, 0) is 62.5 Å². The molecule has 3 heterocycles. The van der Waals surface area contributed by atoms with Crippen LogP contribution in [-0.4, -0.2) is 52.9 Å². The number of benzene rings is 2. The largest absolute Gasteiger partial charge is 0.493 e. The number of ether oxygens (including phenoxy) is 1. The highest BCUT2D eigenvalue weighted by molar-refractivity contribution is 7.92. The third kappa shape index (κ3) is 5.71. The number of sulfonamides is 1. The van der Waals surface area contributed by atoms with Crippen molar-refractivity contribution in [3.63, 3.8) is 0 Å².